The highest BCUT2D eigenvalue weighted by atomic mass is 35.5. The molecule has 7 nitrogen and oxygen atoms in total. The van der Waals surface area contributed by atoms with Gasteiger partial charge in [0.1, 0.15) is 11.6 Å². The average molecular weight is 457 g/mol. The van der Waals surface area contributed by atoms with Crippen LogP contribution < -0.4 is 10.1 Å². The Balaban J connectivity index is 0.00000272. The Kier molecular flexibility index (Phi) is 6.61. The van der Waals surface area contributed by atoms with Crippen molar-refractivity contribution in [3.8, 4) is 5.75 Å². The van der Waals surface area contributed by atoms with Crippen LogP contribution in [0, 0.1) is 0 Å². The number of hydrogen-bond acceptors (Lipinski definition) is 5. The molecule has 0 radical (unpaired) electrons. The zero-order valence-electron chi connectivity index (χ0n) is 16.5. The Hall–Kier alpha value is -2.98. The van der Waals surface area contributed by atoms with Gasteiger partial charge in [-0.2, -0.15) is 0 Å². The smallest absolute Gasteiger partial charge is 0.406 e. The molecule has 166 valence electrons. The number of ether oxygens (including phenoxy) is 2. The van der Waals surface area contributed by atoms with Crippen LogP contribution in [-0.4, -0.2) is 53.0 Å². The lowest BCUT2D eigenvalue weighted by atomic mass is 10.1. The molecule has 3 aromatic rings. The molecule has 1 aromatic carbocycles. The number of morpholine rings is 1. The lowest BCUT2D eigenvalue weighted by molar-refractivity contribution is -0.274. The minimum atomic E-state index is -4.77. The molecule has 1 amide bonds. The van der Waals surface area contributed by atoms with Gasteiger partial charge in [0.15, 0.2) is 0 Å². The quantitative estimate of drug-likeness (QED) is 0.640. The third-order valence-electron chi connectivity index (χ3n) is 4.76. The fourth-order valence-corrected chi connectivity index (χ4v) is 3.42. The van der Waals surface area contributed by atoms with Crippen molar-refractivity contribution in [2.24, 2.45) is 7.05 Å². The number of amides is 1. The van der Waals surface area contributed by atoms with Gasteiger partial charge in [-0.15, -0.1) is 25.6 Å². The second-order valence-corrected chi connectivity index (χ2v) is 6.81. The van der Waals surface area contributed by atoms with Gasteiger partial charge in [0.05, 0.1) is 24.3 Å². The van der Waals surface area contributed by atoms with E-state index in [2.05, 4.69) is 15.0 Å². The minimum absolute atomic E-state index is 0. The zero-order chi connectivity index (χ0) is 21.3. The first-order valence-corrected chi connectivity index (χ1v) is 9.26. The number of aryl methyl sites for hydroxylation is 1. The summed E-state index contributed by atoms with van der Waals surface area (Å²) >= 11 is 0. The number of carbonyl (C=O) groups excluding carboxylic acids is 1. The van der Waals surface area contributed by atoms with Gasteiger partial charge in [0.25, 0.3) is 5.91 Å². The molecule has 4 rings (SSSR count). The van der Waals surface area contributed by atoms with Crippen molar-refractivity contribution < 1.29 is 27.4 Å². The van der Waals surface area contributed by atoms with E-state index in [1.807, 2.05) is 11.6 Å². The number of nitrogens with zero attached hydrogens (tertiary/aromatic N) is 3. The maximum absolute atomic E-state index is 13.0. The molecule has 1 fully saturated rings. The molecule has 1 aliphatic heterocycles. The van der Waals surface area contributed by atoms with Crippen LogP contribution in [0.2, 0.25) is 0 Å². The summed E-state index contributed by atoms with van der Waals surface area (Å²) in [6.45, 7) is 2.00. The van der Waals surface area contributed by atoms with E-state index in [1.165, 1.54) is 24.4 Å². The first-order valence-electron chi connectivity index (χ1n) is 9.26. The van der Waals surface area contributed by atoms with Crippen LogP contribution in [0.5, 0.6) is 5.75 Å². The Morgan fingerprint density at radius 3 is 2.68 bits per heavy atom. The number of alkyl halides is 3. The highest BCUT2D eigenvalue weighted by Gasteiger charge is 2.31. The van der Waals surface area contributed by atoms with E-state index in [0.29, 0.717) is 54.3 Å². The molecule has 0 unspecified atom stereocenters. The standard InChI is InChI=1S/C20H19F3N4O3.ClH/c1-26-6-5-15-17(26)16(19(28)27-7-9-29-10-8-27)12-24-18(15)25-13-3-2-4-14(11-13)30-20(21,22)23;/h2-6,11-12H,7-10H2,1H3,(H,24,25);1H. The topological polar surface area (TPSA) is 68.6 Å². The molecule has 0 aliphatic carbocycles. The van der Waals surface area contributed by atoms with Gasteiger partial charge in [-0.3, -0.25) is 4.79 Å². The Labute approximate surface area is 182 Å². The van der Waals surface area contributed by atoms with Crippen molar-refractivity contribution in [1.82, 2.24) is 14.5 Å². The summed E-state index contributed by atoms with van der Waals surface area (Å²) in [5.74, 6) is -0.0473. The summed E-state index contributed by atoms with van der Waals surface area (Å²) in [5.41, 5.74) is 1.52. The molecular weight excluding hydrogens is 437 g/mol. The van der Waals surface area contributed by atoms with Crippen molar-refractivity contribution in [3.63, 3.8) is 0 Å². The normalized spacial score (nSPS) is 14.3. The largest absolute Gasteiger partial charge is 0.573 e. The third-order valence-corrected chi connectivity index (χ3v) is 4.76. The second-order valence-electron chi connectivity index (χ2n) is 6.81. The molecule has 2 aromatic heterocycles. The van der Waals surface area contributed by atoms with E-state index in [9.17, 15) is 18.0 Å². The van der Waals surface area contributed by atoms with E-state index >= 15 is 0 Å². The van der Waals surface area contributed by atoms with Crippen LogP contribution >= 0.6 is 12.4 Å². The number of aromatic nitrogens is 2. The van der Waals surface area contributed by atoms with E-state index in [1.54, 1.807) is 23.2 Å². The van der Waals surface area contributed by atoms with Gasteiger partial charge in [-0.25, -0.2) is 4.98 Å². The lowest BCUT2D eigenvalue weighted by Gasteiger charge is -2.27. The zero-order valence-corrected chi connectivity index (χ0v) is 17.3. The number of hydrogen-bond donors (Lipinski definition) is 1. The monoisotopic (exact) mass is 456 g/mol. The van der Waals surface area contributed by atoms with Crippen molar-refractivity contribution in [2.75, 3.05) is 31.6 Å². The van der Waals surface area contributed by atoms with E-state index in [-0.39, 0.29) is 24.1 Å². The molecule has 0 bridgehead atoms. The van der Waals surface area contributed by atoms with Crippen molar-refractivity contribution >= 4 is 40.7 Å². The van der Waals surface area contributed by atoms with Gasteiger partial charge in [-0.05, 0) is 18.2 Å². The SMILES string of the molecule is Cl.Cn1ccc2c(Nc3cccc(OC(F)(F)F)c3)ncc(C(=O)N3CCOCC3)c21. The number of fused-ring (bicyclic) bond motifs is 1. The number of pyridine rings is 1. The van der Waals surface area contributed by atoms with Crippen LogP contribution in [0.25, 0.3) is 10.9 Å². The average Bonchev–Trinajstić information content (AvgIpc) is 3.10. The number of halogens is 4. The Morgan fingerprint density at radius 2 is 1.97 bits per heavy atom. The maximum Gasteiger partial charge on any atom is 0.573 e. The highest BCUT2D eigenvalue weighted by Crippen LogP contribution is 2.31. The van der Waals surface area contributed by atoms with Gasteiger partial charge in [-0.1, -0.05) is 6.07 Å². The van der Waals surface area contributed by atoms with Crippen LogP contribution in [0.4, 0.5) is 24.7 Å². The van der Waals surface area contributed by atoms with E-state index in [4.69, 9.17) is 4.74 Å². The van der Waals surface area contributed by atoms with Gasteiger partial charge >= 0.3 is 6.36 Å². The highest BCUT2D eigenvalue weighted by molar-refractivity contribution is 6.08. The maximum atomic E-state index is 13.0. The summed E-state index contributed by atoms with van der Waals surface area (Å²) in [7, 11) is 1.82. The molecule has 0 saturated carbocycles. The van der Waals surface area contributed by atoms with Crippen LogP contribution in [-0.2, 0) is 11.8 Å². The second kappa shape index (κ2) is 9.03. The molecule has 31 heavy (non-hydrogen) atoms. The van der Waals surface area contributed by atoms with Crippen LogP contribution in [0.3, 0.4) is 0 Å². The summed E-state index contributed by atoms with van der Waals surface area (Å²) < 4.78 is 48.5. The summed E-state index contributed by atoms with van der Waals surface area (Å²) in [6, 6.07) is 7.30. The summed E-state index contributed by atoms with van der Waals surface area (Å²) in [6.07, 6.45) is -1.49. The first-order chi connectivity index (χ1) is 14.3. The summed E-state index contributed by atoms with van der Waals surface area (Å²) in [4.78, 5) is 19.1. The minimum Gasteiger partial charge on any atom is -0.406 e. The molecule has 0 spiro atoms. The third kappa shape index (κ3) is 5.02. The fraction of sp³-hybridized carbons (Fsp3) is 0.300. The van der Waals surface area contributed by atoms with Crippen LogP contribution in [0.15, 0.2) is 42.7 Å². The van der Waals surface area contributed by atoms with Gasteiger partial charge < -0.3 is 24.3 Å². The van der Waals surface area contributed by atoms with E-state index < -0.39 is 6.36 Å². The number of nitrogens with one attached hydrogen (secondary N) is 1. The number of anilines is 2. The predicted octanol–water partition coefficient (Wildman–Crippen LogP) is 4.11. The Morgan fingerprint density at radius 1 is 1.23 bits per heavy atom. The number of rotatable bonds is 4. The molecule has 1 N–H and O–H groups in total. The fourth-order valence-electron chi connectivity index (χ4n) is 3.42. The lowest BCUT2D eigenvalue weighted by Crippen LogP contribution is -2.40. The molecule has 1 aliphatic rings. The first kappa shape index (κ1) is 22.7. The molecule has 1 saturated heterocycles. The molecular formula is C20H20ClF3N4O3. The van der Waals surface area contributed by atoms with Gasteiger partial charge in [0, 0.05) is 49.7 Å². The molecule has 0 atom stereocenters. The van der Waals surface area contributed by atoms with Crippen molar-refractivity contribution in [1.29, 1.82) is 0 Å². The van der Waals surface area contributed by atoms with Crippen LogP contribution in [0.1, 0.15) is 10.4 Å². The molecule has 11 heteroatoms. The van der Waals surface area contributed by atoms with E-state index in [0.717, 1.165) is 0 Å². The predicted molar refractivity (Wildman–Crippen MR) is 111 cm³/mol. The number of benzene rings is 1. The molecule has 3 heterocycles. The number of carbonyl (C=O) groups is 1. The Bertz CT molecular complexity index is 1080. The van der Waals surface area contributed by atoms with Crippen molar-refractivity contribution in [2.45, 2.75) is 6.36 Å². The van der Waals surface area contributed by atoms with Gasteiger partial charge in [0.2, 0.25) is 0 Å². The summed E-state index contributed by atoms with van der Waals surface area (Å²) in [5, 5.41) is 3.69. The van der Waals surface area contributed by atoms with Crippen molar-refractivity contribution in [3.05, 3.63) is 48.3 Å².